The summed E-state index contributed by atoms with van der Waals surface area (Å²) in [5.74, 6) is 0.0270. The fraction of sp³-hybridized carbons (Fsp3) is 0.467. The molecule has 5 heteroatoms. The summed E-state index contributed by atoms with van der Waals surface area (Å²) in [6.07, 6.45) is 0. The highest BCUT2D eigenvalue weighted by atomic mass is 32.2. The predicted octanol–water partition coefficient (Wildman–Crippen LogP) is 3.27. The van der Waals surface area contributed by atoms with E-state index in [-0.39, 0.29) is 16.7 Å². The van der Waals surface area contributed by atoms with E-state index in [0.29, 0.717) is 0 Å². The molecule has 2 N–H and O–H groups in total. The third-order valence-corrected chi connectivity index (χ3v) is 3.76. The third kappa shape index (κ3) is 3.76. The topological polar surface area (TPSA) is 57.8 Å². The van der Waals surface area contributed by atoms with E-state index >= 15 is 0 Å². The summed E-state index contributed by atoms with van der Waals surface area (Å²) in [5.41, 5.74) is 2.92. The van der Waals surface area contributed by atoms with Crippen molar-refractivity contribution in [3.63, 3.8) is 0 Å². The van der Waals surface area contributed by atoms with Crippen LogP contribution in [0.4, 0.5) is 0 Å². The predicted molar refractivity (Wildman–Crippen MR) is 84.0 cm³/mol. The first kappa shape index (κ1) is 14.9. The molecule has 0 saturated heterocycles. The molecule has 4 nitrogen and oxygen atoms in total. The van der Waals surface area contributed by atoms with Crippen LogP contribution in [0, 0.1) is 6.92 Å². The molecule has 0 aliphatic heterocycles. The van der Waals surface area contributed by atoms with Crippen molar-refractivity contribution in [3.8, 4) is 0 Å². The first-order valence-corrected chi connectivity index (χ1v) is 7.57. The van der Waals surface area contributed by atoms with Gasteiger partial charge >= 0.3 is 0 Å². The average molecular weight is 291 g/mol. The van der Waals surface area contributed by atoms with Gasteiger partial charge in [-0.15, -0.1) is 0 Å². The third-order valence-electron chi connectivity index (χ3n) is 2.77. The van der Waals surface area contributed by atoms with Gasteiger partial charge in [0.25, 0.3) is 0 Å². The highest BCUT2D eigenvalue weighted by Gasteiger charge is 2.21. The maximum atomic E-state index is 12.1. The largest absolute Gasteiger partial charge is 0.351 e. The van der Waals surface area contributed by atoms with E-state index in [4.69, 9.17) is 0 Å². The molecule has 0 aliphatic rings. The second kappa shape index (κ2) is 5.48. The number of aryl methyl sites for hydroxylation is 1. The van der Waals surface area contributed by atoms with Crippen LogP contribution in [0.3, 0.4) is 0 Å². The molecule has 0 bridgehead atoms. The molecule has 0 aliphatic carbocycles. The molecule has 2 rings (SSSR count). The van der Waals surface area contributed by atoms with Gasteiger partial charge in [0, 0.05) is 5.54 Å². The minimum absolute atomic E-state index is 0.0270. The maximum Gasteiger partial charge on any atom is 0.233 e. The van der Waals surface area contributed by atoms with Crippen LogP contribution >= 0.6 is 11.8 Å². The minimum atomic E-state index is -0.211. The van der Waals surface area contributed by atoms with Crippen LogP contribution < -0.4 is 5.32 Å². The van der Waals surface area contributed by atoms with Gasteiger partial charge < -0.3 is 10.3 Å². The van der Waals surface area contributed by atoms with E-state index < -0.39 is 0 Å². The van der Waals surface area contributed by atoms with Crippen LogP contribution in [0.25, 0.3) is 11.0 Å². The number of rotatable bonds is 3. The standard InChI is InChI=1S/C15H21N3OS/c1-9-6-7-11-12(8-9)17-14(16-11)20-10(2)13(19)18-15(3,4)5/h6-8,10H,1-5H3,(H,16,17)(H,18,19). The highest BCUT2D eigenvalue weighted by molar-refractivity contribution is 8.00. The number of hydrogen-bond donors (Lipinski definition) is 2. The number of nitrogens with one attached hydrogen (secondary N) is 2. The number of hydrogen-bond acceptors (Lipinski definition) is 3. The molecule has 1 amide bonds. The number of aromatic nitrogens is 2. The van der Waals surface area contributed by atoms with Gasteiger partial charge in [-0.05, 0) is 52.3 Å². The zero-order valence-electron chi connectivity index (χ0n) is 12.6. The number of benzene rings is 1. The molecule has 1 atom stereocenters. The summed E-state index contributed by atoms with van der Waals surface area (Å²) in [4.78, 5) is 19.8. The van der Waals surface area contributed by atoms with E-state index in [1.165, 1.54) is 17.3 Å². The van der Waals surface area contributed by atoms with Gasteiger partial charge in [0.2, 0.25) is 5.91 Å². The molecule has 108 valence electrons. The Morgan fingerprint density at radius 1 is 1.40 bits per heavy atom. The van der Waals surface area contributed by atoms with Crippen LogP contribution in [0.1, 0.15) is 33.3 Å². The normalized spacial score (nSPS) is 13.4. The number of nitrogens with zero attached hydrogens (tertiary/aromatic N) is 1. The molecule has 0 spiro atoms. The van der Waals surface area contributed by atoms with E-state index in [1.807, 2.05) is 46.8 Å². The molecule has 20 heavy (non-hydrogen) atoms. The smallest absolute Gasteiger partial charge is 0.233 e. The molecule has 1 aromatic heterocycles. The lowest BCUT2D eigenvalue weighted by molar-refractivity contribution is -0.121. The van der Waals surface area contributed by atoms with Crippen molar-refractivity contribution in [2.24, 2.45) is 0 Å². The molecule has 2 aromatic rings. The number of H-pyrrole nitrogens is 1. The average Bonchev–Trinajstić information content (AvgIpc) is 2.67. The monoisotopic (exact) mass is 291 g/mol. The van der Waals surface area contributed by atoms with Crippen molar-refractivity contribution in [3.05, 3.63) is 23.8 Å². The lowest BCUT2D eigenvalue weighted by Crippen LogP contribution is -2.44. The summed E-state index contributed by atoms with van der Waals surface area (Å²) >= 11 is 1.45. The fourth-order valence-corrected chi connectivity index (χ4v) is 2.67. The van der Waals surface area contributed by atoms with Gasteiger partial charge in [0.1, 0.15) is 0 Å². The summed E-state index contributed by atoms with van der Waals surface area (Å²) < 4.78 is 0. The Morgan fingerprint density at radius 3 is 2.75 bits per heavy atom. The van der Waals surface area contributed by atoms with Gasteiger partial charge in [0.05, 0.1) is 16.3 Å². The SMILES string of the molecule is Cc1ccc2nc(SC(C)C(=O)NC(C)(C)C)[nH]c2c1. The number of thioether (sulfide) groups is 1. The molecular weight excluding hydrogens is 270 g/mol. The Balaban J connectivity index is 2.09. The number of carbonyl (C=O) groups excluding carboxylic acids is 1. The number of carbonyl (C=O) groups is 1. The van der Waals surface area contributed by atoms with Crippen LogP contribution in [0.5, 0.6) is 0 Å². The Morgan fingerprint density at radius 2 is 2.10 bits per heavy atom. The van der Waals surface area contributed by atoms with E-state index in [9.17, 15) is 4.79 Å². The van der Waals surface area contributed by atoms with Gasteiger partial charge in [-0.2, -0.15) is 0 Å². The quantitative estimate of drug-likeness (QED) is 0.853. The van der Waals surface area contributed by atoms with Crippen molar-refractivity contribution in [1.29, 1.82) is 0 Å². The van der Waals surface area contributed by atoms with Crippen molar-refractivity contribution >= 4 is 28.7 Å². The van der Waals surface area contributed by atoms with Gasteiger partial charge in [-0.1, -0.05) is 17.8 Å². The zero-order valence-corrected chi connectivity index (χ0v) is 13.4. The summed E-state index contributed by atoms with van der Waals surface area (Å²) in [6, 6.07) is 6.09. The summed E-state index contributed by atoms with van der Waals surface area (Å²) in [6.45, 7) is 9.88. The molecule has 0 saturated carbocycles. The van der Waals surface area contributed by atoms with Gasteiger partial charge in [0.15, 0.2) is 5.16 Å². The van der Waals surface area contributed by atoms with Crippen LogP contribution in [-0.4, -0.2) is 26.7 Å². The zero-order chi connectivity index (χ0) is 14.9. The van der Waals surface area contributed by atoms with E-state index in [2.05, 4.69) is 21.4 Å². The Hall–Kier alpha value is -1.49. The van der Waals surface area contributed by atoms with Crippen molar-refractivity contribution in [2.75, 3.05) is 0 Å². The minimum Gasteiger partial charge on any atom is -0.351 e. The second-order valence-corrected chi connectivity index (χ2v) is 7.39. The van der Waals surface area contributed by atoms with Crippen molar-refractivity contribution in [1.82, 2.24) is 15.3 Å². The fourth-order valence-electron chi connectivity index (χ4n) is 1.85. The Bertz CT molecular complexity index is 628. The van der Waals surface area contributed by atoms with Crippen LogP contribution in [-0.2, 0) is 4.79 Å². The van der Waals surface area contributed by atoms with Gasteiger partial charge in [-0.25, -0.2) is 4.98 Å². The molecule has 0 fully saturated rings. The van der Waals surface area contributed by atoms with Crippen molar-refractivity contribution < 1.29 is 4.79 Å². The first-order chi connectivity index (χ1) is 9.24. The first-order valence-electron chi connectivity index (χ1n) is 6.70. The molecule has 1 heterocycles. The van der Waals surface area contributed by atoms with Crippen LogP contribution in [0.2, 0.25) is 0 Å². The highest BCUT2D eigenvalue weighted by Crippen LogP contribution is 2.24. The number of aromatic amines is 1. The van der Waals surface area contributed by atoms with Crippen LogP contribution in [0.15, 0.2) is 23.4 Å². The van der Waals surface area contributed by atoms with Gasteiger partial charge in [-0.3, -0.25) is 4.79 Å². The number of fused-ring (bicyclic) bond motifs is 1. The van der Waals surface area contributed by atoms with E-state index in [1.54, 1.807) is 0 Å². The molecule has 1 unspecified atom stereocenters. The number of imidazole rings is 1. The van der Waals surface area contributed by atoms with Crippen molar-refractivity contribution in [2.45, 2.75) is 50.6 Å². The second-order valence-electron chi connectivity index (χ2n) is 6.06. The Labute approximate surface area is 123 Å². The maximum absolute atomic E-state index is 12.1. The lowest BCUT2D eigenvalue weighted by atomic mass is 10.1. The summed E-state index contributed by atoms with van der Waals surface area (Å²) in [5, 5.41) is 3.58. The van der Waals surface area contributed by atoms with E-state index in [0.717, 1.165) is 16.2 Å². The summed E-state index contributed by atoms with van der Waals surface area (Å²) in [7, 11) is 0. The molecular formula is C15H21N3OS. The number of amides is 1. The Kier molecular flexibility index (Phi) is 4.09. The molecule has 0 radical (unpaired) electrons. The lowest BCUT2D eigenvalue weighted by Gasteiger charge is -2.22. The molecule has 1 aromatic carbocycles.